The molecule has 0 aliphatic rings. The van der Waals surface area contributed by atoms with Crippen molar-refractivity contribution in [3.63, 3.8) is 0 Å². The van der Waals surface area contributed by atoms with Crippen LogP contribution in [0.5, 0.6) is 0 Å². The van der Waals surface area contributed by atoms with Crippen LogP contribution < -0.4 is 5.32 Å². The van der Waals surface area contributed by atoms with E-state index in [1.54, 1.807) is 0 Å². The van der Waals surface area contributed by atoms with Gasteiger partial charge in [0, 0.05) is 38.8 Å². The van der Waals surface area contributed by atoms with Crippen molar-refractivity contribution in [2.75, 3.05) is 5.32 Å². The second kappa shape index (κ2) is 11.8. The molecule has 0 saturated carbocycles. The highest BCUT2D eigenvalue weighted by Gasteiger charge is 2.16. The Labute approximate surface area is 280 Å². The fraction of sp³-hybridized carbons (Fsp3) is 0. The van der Waals surface area contributed by atoms with E-state index in [0.717, 1.165) is 22.6 Å². The van der Waals surface area contributed by atoms with Crippen LogP contribution in [0.3, 0.4) is 0 Å². The summed E-state index contributed by atoms with van der Waals surface area (Å²) in [5.41, 5.74) is 12.8. The topological polar surface area (TPSA) is 17.0 Å². The summed E-state index contributed by atoms with van der Waals surface area (Å²) in [6.45, 7) is 0. The maximum Gasteiger partial charge on any atom is 0.0541 e. The number of aromatic nitrogens is 1. The molecule has 0 saturated heterocycles. The molecule has 1 heterocycles. The molecule has 1 aromatic heterocycles. The van der Waals surface area contributed by atoms with E-state index in [1.807, 2.05) is 0 Å². The first-order valence-electron chi connectivity index (χ1n) is 16.4. The van der Waals surface area contributed by atoms with Crippen LogP contribution in [-0.2, 0) is 0 Å². The van der Waals surface area contributed by atoms with Crippen molar-refractivity contribution >= 4 is 44.0 Å². The Hall–Kier alpha value is -6.38. The molecule has 226 valence electrons. The Morgan fingerprint density at radius 1 is 0.333 bits per heavy atom. The lowest BCUT2D eigenvalue weighted by Gasteiger charge is -2.17. The van der Waals surface area contributed by atoms with Crippen molar-refractivity contribution < 1.29 is 0 Å². The average molecular weight is 613 g/mol. The molecule has 0 aliphatic carbocycles. The van der Waals surface area contributed by atoms with E-state index in [9.17, 15) is 0 Å². The number of hydrogen-bond donors (Lipinski definition) is 1. The Morgan fingerprint density at radius 3 is 1.79 bits per heavy atom. The lowest BCUT2D eigenvalue weighted by Crippen LogP contribution is -1.96. The molecule has 0 spiro atoms. The molecule has 2 heteroatoms. The number of nitrogens with one attached hydrogen (secondary N) is 1. The molecular weight excluding hydrogens is 581 g/mol. The van der Waals surface area contributed by atoms with E-state index in [2.05, 4.69) is 198 Å². The number of nitrogens with zero attached hydrogens (tertiary/aromatic N) is 1. The molecule has 0 radical (unpaired) electrons. The molecule has 9 rings (SSSR count). The highest BCUT2D eigenvalue weighted by Crippen LogP contribution is 2.40. The van der Waals surface area contributed by atoms with Crippen molar-refractivity contribution in [2.24, 2.45) is 0 Å². The van der Waals surface area contributed by atoms with Gasteiger partial charge in [-0.15, -0.1) is 0 Å². The molecule has 0 bridgehead atoms. The molecule has 0 amide bonds. The van der Waals surface area contributed by atoms with Gasteiger partial charge in [-0.1, -0.05) is 133 Å². The second-order valence-electron chi connectivity index (χ2n) is 12.3. The summed E-state index contributed by atoms with van der Waals surface area (Å²) in [4.78, 5) is 0. The average Bonchev–Trinajstić information content (AvgIpc) is 3.49. The van der Waals surface area contributed by atoms with Crippen LogP contribution in [0.1, 0.15) is 0 Å². The van der Waals surface area contributed by atoms with Crippen LogP contribution in [0.2, 0.25) is 0 Å². The van der Waals surface area contributed by atoms with E-state index >= 15 is 0 Å². The van der Waals surface area contributed by atoms with E-state index < -0.39 is 0 Å². The SMILES string of the molecule is c1ccc(-c2cccc(-c3ccc(Nc4cccc5ccccc45)c(-c4ccc5c(c4)c4ccccc4n5-c4ccccc4)c3)c2)cc1. The summed E-state index contributed by atoms with van der Waals surface area (Å²) in [6, 6.07) is 67.5. The fourth-order valence-electron chi connectivity index (χ4n) is 7.06. The summed E-state index contributed by atoms with van der Waals surface area (Å²) in [5, 5.41) is 8.74. The second-order valence-corrected chi connectivity index (χ2v) is 12.3. The predicted molar refractivity (Wildman–Crippen MR) is 204 cm³/mol. The standard InChI is InChI=1S/C46H32N2/c1-3-13-32(14-4-1)34-17-11-18-35(29-34)36-25-27-44(47-43-23-12-16-33-15-7-8-21-39(33)43)41(30-36)37-26-28-46-42(31-37)40-22-9-10-24-45(40)48(46)38-19-5-2-6-20-38/h1-31,47H. The van der Waals surface area contributed by atoms with Crippen LogP contribution in [0, 0.1) is 0 Å². The summed E-state index contributed by atoms with van der Waals surface area (Å²) in [5.74, 6) is 0. The lowest BCUT2D eigenvalue weighted by atomic mass is 9.94. The zero-order valence-electron chi connectivity index (χ0n) is 26.3. The van der Waals surface area contributed by atoms with Crippen molar-refractivity contribution in [3.05, 3.63) is 188 Å². The molecule has 48 heavy (non-hydrogen) atoms. The van der Waals surface area contributed by atoms with Gasteiger partial charge in [0.25, 0.3) is 0 Å². The van der Waals surface area contributed by atoms with Gasteiger partial charge in [-0.3, -0.25) is 0 Å². The highest BCUT2D eigenvalue weighted by atomic mass is 15.0. The number of hydrogen-bond acceptors (Lipinski definition) is 1. The third-order valence-corrected chi connectivity index (χ3v) is 9.38. The quantitative estimate of drug-likeness (QED) is 0.198. The molecular formula is C46H32N2. The number of benzene rings is 8. The molecule has 0 atom stereocenters. The Morgan fingerprint density at radius 2 is 0.938 bits per heavy atom. The van der Waals surface area contributed by atoms with Crippen molar-refractivity contribution in [2.45, 2.75) is 0 Å². The number of rotatable bonds is 6. The fourth-order valence-corrected chi connectivity index (χ4v) is 7.06. The summed E-state index contributed by atoms with van der Waals surface area (Å²) in [7, 11) is 0. The Bertz CT molecular complexity index is 2570. The molecule has 9 aromatic rings. The van der Waals surface area contributed by atoms with Crippen LogP contribution in [0.25, 0.3) is 71.6 Å². The zero-order chi connectivity index (χ0) is 31.9. The van der Waals surface area contributed by atoms with Crippen LogP contribution in [-0.4, -0.2) is 4.57 Å². The summed E-state index contributed by atoms with van der Waals surface area (Å²) in [6.07, 6.45) is 0. The summed E-state index contributed by atoms with van der Waals surface area (Å²) < 4.78 is 2.37. The van der Waals surface area contributed by atoms with Gasteiger partial charge in [0.15, 0.2) is 0 Å². The number of anilines is 2. The van der Waals surface area contributed by atoms with Crippen LogP contribution in [0.4, 0.5) is 11.4 Å². The van der Waals surface area contributed by atoms with Gasteiger partial charge < -0.3 is 9.88 Å². The number of para-hydroxylation sites is 2. The lowest BCUT2D eigenvalue weighted by molar-refractivity contribution is 1.18. The third-order valence-electron chi connectivity index (χ3n) is 9.38. The van der Waals surface area contributed by atoms with Crippen LogP contribution in [0.15, 0.2) is 188 Å². The van der Waals surface area contributed by atoms with Gasteiger partial charge in [0.05, 0.1) is 11.0 Å². The zero-order valence-corrected chi connectivity index (χ0v) is 26.3. The maximum absolute atomic E-state index is 3.84. The van der Waals surface area contributed by atoms with Crippen molar-refractivity contribution in [3.8, 4) is 39.1 Å². The predicted octanol–water partition coefficient (Wildman–Crippen LogP) is 12.7. The van der Waals surface area contributed by atoms with E-state index in [-0.39, 0.29) is 0 Å². The van der Waals surface area contributed by atoms with Gasteiger partial charge in [-0.25, -0.2) is 0 Å². The van der Waals surface area contributed by atoms with Crippen molar-refractivity contribution in [1.29, 1.82) is 0 Å². The molecule has 2 nitrogen and oxygen atoms in total. The first-order chi connectivity index (χ1) is 23.8. The maximum atomic E-state index is 3.84. The molecule has 0 unspecified atom stereocenters. The minimum Gasteiger partial charge on any atom is -0.355 e. The Kier molecular flexibility index (Phi) is 6.84. The summed E-state index contributed by atoms with van der Waals surface area (Å²) >= 11 is 0. The first-order valence-corrected chi connectivity index (χ1v) is 16.4. The van der Waals surface area contributed by atoms with Crippen molar-refractivity contribution in [1.82, 2.24) is 4.57 Å². The van der Waals surface area contributed by atoms with E-state index in [1.165, 1.54) is 60.4 Å². The minimum absolute atomic E-state index is 1.07. The van der Waals surface area contributed by atoms with Crippen LogP contribution >= 0.6 is 0 Å². The third kappa shape index (κ3) is 4.92. The smallest absolute Gasteiger partial charge is 0.0541 e. The molecule has 0 aliphatic heterocycles. The van der Waals surface area contributed by atoms with Gasteiger partial charge in [-0.2, -0.15) is 0 Å². The van der Waals surface area contributed by atoms with Gasteiger partial charge in [0.1, 0.15) is 0 Å². The molecule has 1 N–H and O–H groups in total. The van der Waals surface area contributed by atoms with E-state index in [0.29, 0.717) is 0 Å². The first kappa shape index (κ1) is 27.9. The number of fused-ring (bicyclic) bond motifs is 4. The monoisotopic (exact) mass is 612 g/mol. The van der Waals surface area contributed by atoms with Gasteiger partial charge in [-0.05, 0) is 87.8 Å². The van der Waals surface area contributed by atoms with Gasteiger partial charge >= 0.3 is 0 Å². The molecule has 8 aromatic carbocycles. The molecule has 0 fully saturated rings. The highest BCUT2D eigenvalue weighted by molar-refractivity contribution is 6.11. The normalized spacial score (nSPS) is 11.3. The Balaban J connectivity index is 1.24. The van der Waals surface area contributed by atoms with E-state index in [4.69, 9.17) is 0 Å². The largest absolute Gasteiger partial charge is 0.355 e. The minimum atomic E-state index is 1.07. The van der Waals surface area contributed by atoms with Gasteiger partial charge in [0.2, 0.25) is 0 Å².